The molecule has 1 aliphatic rings. The highest BCUT2D eigenvalue weighted by atomic mass is 15.0. The average Bonchev–Trinajstić information content (AvgIpc) is 3.01. The monoisotopic (exact) mass is 488 g/mol. The van der Waals surface area contributed by atoms with E-state index in [0.717, 1.165) is 23.2 Å². The minimum absolute atomic E-state index is 0.661. The first-order valence-electron chi connectivity index (χ1n) is 12.8. The number of rotatable bonds is 4. The fourth-order valence-corrected chi connectivity index (χ4v) is 5.07. The predicted molar refractivity (Wildman–Crippen MR) is 156 cm³/mol. The van der Waals surface area contributed by atoms with Crippen LogP contribution < -0.4 is 5.32 Å². The summed E-state index contributed by atoms with van der Waals surface area (Å²) >= 11 is 0. The topological polar surface area (TPSA) is 50.7 Å². The molecule has 4 nitrogen and oxygen atoms in total. The van der Waals surface area contributed by atoms with Crippen LogP contribution in [0.3, 0.4) is 0 Å². The summed E-state index contributed by atoms with van der Waals surface area (Å²) in [4.78, 5) is 14.5. The van der Waals surface area contributed by atoms with Crippen molar-refractivity contribution in [3.63, 3.8) is 0 Å². The number of hydrogen-bond donors (Lipinski definition) is 1. The maximum Gasteiger partial charge on any atom is 0.164 e. The highest BCUT2D eigenvalue weighted by Crippen LogP contribution is 2.38. The largest absolute Gasteiger partial charge is 0.381 e. The average molecular weight is 489 g/mol. The van der Waals surface area contributed by atoms with E-state index in [4.69, 9.17) is 15.0 Å². The normalized spacial score (nSPS) is 12.5. The Morgan fingerprint density at radius 3 is 1.63 bits per heavy atom. The van der Waals surface area contributed by atoms with E-state index < -0.39 is 0 Å². The van der Waals surface area contributed by atoms with Gasteiger partial charge in [-0.25, -0.2) is 15.0 Å². The van der Waals surface area contributed by atoms with E-state index in [1.54, 1.807) is 0 Å². The number of aromatic nitrogens is 3. The molecule has 180 valence electrons. The number of fused-ring (bicyclic) bond motifs is 3. The molecule has 0 atom stereocenters. The molecule has 0 spiro atoms. The summed E-state index contributed by atoms with van der Waals surface area (Å²) in [5.41, 5.74) is 7.73. The van der Waals surface area contributed by atoms with Crippen molar-refractivity contribution < 1.29 is 0 Å². The van der Waals surface area contributed by atoms with E-state index in [-0.39, 0.29) is 0 Å². The minimum atomic E-state index is 0.661. The highest BCUT2D eigenvalue weighted by Gasteiger charge is 2.18. The van der Waals surface area contributed by atoms with Crippen LogP contribution in [-0.2, 0) is 0 Å². The van der Waals surface area contributed by atoms with Gasteiger partial charge in [-0.3, -0.25) is 0 Å². The molecule has 4 heteroatoms. The minimum Gasteiger partial charge on any atom is -0.381 e. The van der Waals surface area contributed by atoms with Crippen LogP contribution in [0.5, 0.6) is 0 Å². The lowest BCUT2D eigenvalue weighted by atomic mass is 9.89. The summed E-state index contributed by atoms with van der Waals surface area (Å²) in [6.45, 7) is 0.802. The van der Waals surface area contributed by atoms with Crippen LogP contribution in [0.25, 0.3) is 50.5 Å². The summed E-state index contributed by atoms with van der Waals surface area (Å²) in [5.74, 6) is 1.99. The Morgan fingerprint density at radius 1 is 0.474 bits per heavy atom. The third-order valence-electron chi connectivity index (χ3n) is 6.95. The molecular weight excluding hydrogens is 464 g/mol. The zero-order valence-electron chi connectivity index (χ0n) is 20.7. The van der Waals surface area contributed by atoms with Crippen molar-refractivity contribution in [1.29, 1.82) is 0 Å². The second-order valence-electron chi connectivity index (χ2n) is 9.32. The Morgan fingerprint density at radius 2 is 1.00 bits per heavy atom. The molecule has 6 aromatic rings. The van der Waals surface area contributed by atoms with Gasteiger partial charge in [-0.15, -0.1) is 0 Å². The van der Waals surface area contributed by atoms with Gasteiger partial charge in [0, 0.05) is 34.5 Å². The molecule has 0 aliphatic carbocycles. The molecule has 0 saturated carbocycles. The second kappa shape index (κ2) is 9.41. The van der Waals surface area contributed by atoms with Crippen molar-refractivity contribution in [3.05, 3.63) is 139 Å². The summed E-state index contributed by atoms with van der Waals surface area (Å²) in [5, 5.41) is 6.03. The van der Waals surface area contributed by atoms with Gasteiger partial charge in [-0.05, 0) is 28.0 Å². The van der Waals surface area contributed by atoms with E-state index in [1.807, 2.05) is 60.7 Å². The maximum atomic E-state index is 4.87. The molecule has 0 bridgehead atoms. The molecule has 2 heterocycles. The van der Waals surface area contributed by atoms with Crippen molar-refractivity contribution >= 4 is 22.0 Å². The van der Waals surface area contributed by atoms with Crippen molar-refractivity contribution in [2.24, 2.45) is 0 Å². The van der Waals surface area contributed by atoms with E-state index in [2.05, 4.69) is 72.1 Å². The summed E-state index contributed by atoms with van der Waals surface area (Å²) < 4.78 is 0. The molecule has 0 fully saturated rings. The summed E-state index contributed by atoms with van der Waals surface area (Å²) in [7, 11) is 0. The standard InChI is InChI=1S/C34H24N4/c1-3-10-25(11-4-1)32-36-33(26-12-5-2-6-13-26)38-34(37-32)27-17-15-24(16-18-27)29-21-22-35-30-20-19-23-9-7-8-14-28(23)31(29)30/h1-21,35H,22H2. The van der Waals surface area contributed by atoms with Crippen molar-refractivity contribution in [2.75, 3.05) is 11.9 Å². The van der Waals surface area contributed by atoms with Gasteiger partial charge >= 0.3 is 0 Å². The van der Waals surface area contributed by atoms with Gasteiger partial charge in [0.05, 0.1) is 0 Å². The van der Waals surface area contributed by atoms with Crippen LogP contribution >= 0.6 is 0 Å². The molecule has 1 N–H and O–H groups in total. The van der Waals surface area contributed by atoms with E-state index in [9.17, 15) is 0 Å². The zero-order chi connectivity index (χ0) is 25.3. The van der Waals surface area contributed by atoms with Crippen molar-refractivity contribution in [3.8, 4) is 34.2 Å². The molecule has 0 radical (unpaired) electrons. The lowest BCUT2D eigenvalue weighted by Gasteiger charge is -2.22. The van der Waals surface area contributed by atoms with Crippen molar-refractivity contribution in [1.82, 2.24) is 15.0 Å². The van der Waals surface area contributed by atoms with Crippen LogP contribution in [0.4, 0.5) is 5.69 Å². The number of anilines is 1. The Balaban J connectivity index is 1.31. The van der Waals surface area contributed by atoms with E-state index >= 15 is 0 Å². The SMILES string of the molecule is C1=C(c2ccc(-c3nc(-c4ccccc4)nc(-c4ccccc4)n3)cc2)c2c(ccc3ccccc23)NC1. The predicted octanol–water partition coefficient (Wildman–Crippen LogP) is 7.88. The number of hydrogen-bond acceptors (Lipinski definition) is 4. The smallest absolute Gasteiger partial charge is 0.164 e. The van der Waals surface area contributed by atoms with Crippen LogP contribution in [0.15, 0.2) is 127 Å². The van der Waals surface area contributed by atoms with E-state index in [1.165, 1.54) is 33.2 Å². The number of benzene rings is 5. The first-order chi connectivity index (χ1) is 18.8. The molecule has 5 aromatic carbocycles. The fraction of sp³-hybridized carbons (Fsp3) is 0.0294. The van der Waals surface area contributed by atoms with Crippen LogP contribution in [-0.4, -0.2) is 21.5 Å². The quantitative estimate of drug-likeness (QED) is 0.274. The lowest BCUT2D eigenvalue weighted by Crippen LogP contribution is -2.09. The molecule has 7 rings (SSSR count). The summed E-state index contributed by atoms with van der Waals surface area (Å²) in [6.07, 6.45) is 2.27. The zero-order valence-corrected chi connectivity index (χ0v) is 20.7. The Kier molecular flexibility index (Phi) is 5.48. The van der Waals surface area contributed by atoms with Gasteiger partial charge < -0.3 is 5.32 Å². The molecule has 38 heavy (non-hydrogen) atoms. The van der Waals surface area contributed by atoms with Gasteiger partial charge in [-0.1, -0.05) is 121 Å². The Labute approximate surface area is 221 Å². The Bertz CT molecular complexity index is 1730. The highest BCUT2D eigenvalue weighted by molar-refractivity contribution is 6.03. The summed E-state index contributed by atoms with van der Waals surface area (Å²) in [6, 6.07) is 41.6. The molecule has 0 unspecified atom stereocenters. The van der Waals surface area contributed by atoms with Gasteiger partial charge in [0.25, 0.3) is 0 Å². The Hall–Kier alpha value is -5.09. The first kappa shape index (κ1) is 22.1. The fourth-order valence-electron chi connectivity index (χ4n) is 5.07. The molecule has 0 amide bonds. The van der Waals surface area contributed by atoms with Crippen LogP contribution in [0.1, 0.15) is 11.1 Å². The van der Waals surface area contributed by atoms with Gasteiger partial charge in [-0.2, -0.15) is 0 Å². The third-order valence-corrected chi connectivity index (χ3v) is 6.95. The van der Waals surface area contributed by atoms with Gasteiger partial charge in [0.2, 0.25) is 0 Å². The van der Waals surface area contributed by atoms with E-state index in [0.29, 0.717) is 17.5 Å². The molecule has 0 saturated heterocycles. The van der Waals surface area contributed by atoms with Crippen LogP contribution in [0, 0.1) is 0 Å². The molecule has 1 aliphatic heterocycles. The lowest BCUT2D eigenvalue weighted by molar-refractivity contribution is 1.07. The van der Waals surface area contributed by atoms with Crippen molar-refractivity contribution in [2.45, 2.75) is 0 Å². The second-order valence-corrected chi connectivity index (χ2v) is 9.32. The van der Waals surface area contributed by atoms with Crippen LogP contribution in [0.2, 0.25) is 0 Å². The van der Waals surface area contributed by atoms with Gasteiger partial charge in [0.15, 0.2) is 17.5 Å². The van der Waals surface area contributed by atoms with Gasteiger partial charge in [0.1, 0.15) is 0 Å². The first-order valence-corrected chi connectivity index (χ1v) is 12.8. The molecule has 1 aromatic heterocycles. The third kappa shape index (κ3) is 4.02. The number of nitrogens with one attached hydrogen (secondary N) is 1. The maximum absolute atomic E-state index is 4.87. The molecular formula is C34H24N4. The number of nitrogens with zero attached hydrogens (tertiary/aromatic N) is 3.